The Balaban J connectivity index is 2.34. The van der Waals surface area contributed by atoms with Gasteiger partial charge in [0, 0.05) is 5.56 Å². The van der Waals surface area contributed by atoms with E-state index in [0.29, 0.717) is 0 Å². The van der Waals surface area contributed by atoms with E-state index in [1.54, 1.807) is 0 Å². The molecule has 0 saturated carbocycles. The molecule has 1 aromatic carbocycles. The molecule has 0 amide bonds. The van der Waals surface area contributed by atoms with Crippen LogP contribution in [0.3, 0.4) is 0 Å². The molecule has 12 heavy (non-hydrogen) atoms. The van der Waals surface area contributed by atoms with Crippen LogP contribution in [0, 0.1) is 0 Å². The largest absolute Gasteiger partial charge is 0.159 e. The molecule has 1 aliphatic heterocycles. The molecule has 0 N–H and O–H groups in total. The van der Waals surface area contributed by atoms with Gasteiger partial charge in [0.2, 0.25) is 0 Å². The van der Waals surface area contributed by atoms with Gasteiger partial charge in [0.05, 0.1) is 5.71 Å². The molecule has 2 rings (SSSR count). The molecule has 1 aliphatic rings. The third-order valence-electron chi connectivity index (χ3n) is 1.84. The SMILES string of the molecule is CC1N=NN=C1c1ccccc1. The number of rotatable bonds is 1. The third kappa shape index (κ3) is 1.13. The Morgan fingerprint density at radius 1 is 1.17 bits per heavy atom. The Kier molecular flexibility index (Phi) is 1.70. The Bertz CT molecular complexity index is 327. The molecule has 0 fully saturated rings. The first kappa shape index (κ1) is 7.16. The minimum absolute atomic E-state index is 0.104. The summed E-state index contributed by atoms with van der Waals surface area (Å²) in [6, 6.07) is 10.1. The van der Waals surface area contributed by atoms with E-state index in [4.69, 9.17) is 0 Å². The van der Waals surface area contributed by atoms with Crippen LogP contribution >= 0.6 is 0 Å². The van der Waals surface area contributed by atoms with E-state index in [-0.39, 0.29) is 6.04 Å². The fraction of sp³-hybridized carbons (Fsp3) is 0.222. The zero-order valence-corrected chi connectivity index (χ0v) is 6.81. The van der Waals surface area contributed by atoms with Crippen molar-refractivity contribution < 1.29 is 0 Å². The van der Waals surface area contributed by atoms with Crippen LogP contribution in [0.15, 0.2) is 45.8 Å². The summed E-state index contributed by atoms with van der Waals surface area (Å²) in [5.74, 6) is 0. The van der Waals surface area contributed by atoms with Gasteiger partial charge >= 0.3 is 0 Å². The predicted molar refractivity (Wildman–Crippen MR) is 47.3 cm³/mol. The normalized spacial score (nSPS) is 21.1. The quantitative estimate of drug-likeness (QED) is 0.602. The van der Waals surface area contributed by atoms with E-state index >= 15 is 0 Å². The lowest BCUT2D eigenvalue weighted by Gasteiger charge is -2.01. The Labute approximate surface area is 70.8 Å². The van der Waals surface area contributed by atoms with Crippen molar-refractivity contribution in [3.05, 3.63) is 35.9 Å². The van der Waals surface area contributed by atoms with Crippen LogP contribution in [0.2, 0.25) is 0 Å². The average molecular weight is 159 g/mol. The second-order valence-corrected chi connectivity index (χ2v) is 2.73. The van der Waals surface area contributed by atoms with Gasteiger partial charge in [0.25, 0.3) is 0 Å². The van der Waals surface area contributed by atoms with Gasteiger partial charge in [-0.3, -0.25) is 0 Å². The molecule has 0 aromatic heterocycles. The fourth-order valence-corrected chi connectivity index (χ4v) is 1.20. The van der Waals surface area contributed by atoms with E-state index in [9.17, 15) is 0 Å². The Morgan fingerprint density at radius 2 is 1.92 bits per heavy atom. The number of hydrogen-bond donors (Lipinski definition) is 0. The van der Waals surface area contributed by atoms with Gasteiger partial charge in [-0.1, -0.05) is 30.3 Å². The highest BCUT2D eigenvalue weighted by atomic mass is 15.4. The van der Waals surface area contributed by atoms with E-state index in [1.807, 2.05) is 37.3 Å². The van der Waals surface area contributed by atoms with E-state index in [0.717, 1.165) is 11.3 Å². The van der Waals surface area contributed by atoms with Gasteiger partial charge in [-0.05, 0) is 12.1 Å². The van der Waals surface area contributed by atoms with Crippen molar-refractivity contribution in [2.75, 3.05) is 0 Å². The van der Waals surface area contributed by atoms with Crippen LogP contribution in [0.4, 0.5) is 0 Å². The smallest absolute Gasteiger partial charge is 0.115 e. The lowest BCUT2D eigenvalue weighted by atomic mass is 10.1. The van der Waals surface area contributed by atoms with Gasteiger partial charge < -0.3 is 0 Å². The molecule has 1 unspecified atom stereocenters. The molecule has 3 nitrogen and oxygen atoms in total. The molecule has 1 heterocycles. The van der Waals surface area contributed by atoms with Gasteiger partial charge in [0.1, 0.15) is 6.04 Å². The minimum atomic E-state index is 0.104. The van der Waals surface area contributed by atoms with Crippen LogP contribution in [0.5, 0.6) is 0 Å². The molecular formula is C9H9N3. The third-order valence-corrected chi connectivity index (χ3v) is 1.84. The highest BCUT2D eigenvalue weighted by Crippen LogP contribution is 2.12. The number of nitrogens with zero attached hydrogens (tertiary/aromatic N) is 3. The molecule has 0 saturated heterocycles. The van der Waals surface area contributed by atoms with Crippen molar-refractivity contribution in [2.24, 2.45) is 15.4 Å². The summed E-state index contributed by atoms with van der Waals surface area (Å²) in [5, 5.41) is 11.5. The summed E-state index contributed by atoms with van der Waals surface area (Å²) < 4.78 is 0. The number of hydrogen-bond acceptors (Lipinski definition) is 3. The first-order valence-corrected chi connectivity index (χ1v) is 3.91. The number of benzene rings is 1. The lowest BCUT2D eigenvalue weighted by molar-refractivity contribution is 0.912. The monoisotopic (exact) mass is 159 g/mol. The fourth-order valence-electron chi connectivity index (χ4n) is 1.20. The topological polar surface area (TPSA) is 37.1 Å². The van der Waals surface area contributed by atoms with Crippen molar-refractivity contribution in [2.45, 2.75) is 13.0 Å². The van der Waals surface area contributed by atoms with Gasteiger partial charge in [-0.15, -0.1) is 5.10 Å². The minimum Gasteiger partial charge on any atom is -0.159 e. The van der Waals surface area contributed by atoms with E-state index in [2.05, 4.69) is 15.4 Å². The van der Waals surface area contributed by atoms with Crippen molar-refractivity contribution in [1.82, 2.24) is 0 Å². The highest BCUT2D eigenvalue weighted by Gasteiger charge is 2.15. The Hall–Kier alpha value is -1.51. The van der Waals surface area contributed by atoms with E-state index < -0.39 is 0 Å². The molecule has 0 aliphatic carbocycles. The van der Waals surface area contributed by atoms with Gasteiger partial charge in [-0.2, -0.15) is 5.11 Å². The maximum absolute atomic E-state index is 3.96. The van der Waals surface area contributed by atoms with Crippen LogP contribution in [0.1, 0.15) is 12.5 Å². The Morgan fingerprint density at radius 3 is 2.50 bits per heavy atom. The molecule has 0 spiro atoms. The second kappa shape index (κ2) is 2.85. The first-order chi connectivity index (χ1) is 5.88. The molecule has 60 valence electrons. The van der Waals surface area contributed by atoms with Crippen LogP contribution in [-0.4, -0.2) is 11.8 Å². The summed E-state index contributed by atoms with van der Waals surface area (Å²) in [5.41, 5.74) is 2.06. The highest BCUT2D eigenvalue weighted by molar-refractivity contribution is 6.04. The second-order valence-electron chi connectivity index (χ2n) is 2.73. The van der Waals surface area contributed by atoms with Crippen LogP contribution in [-0.2, 0) is 0 Å². The van der Waals surface area contributed by atoms with Crippen LogP contribution in [0.25, 0.3) is 0 Å². The lowest BCUT2D eigenvalue weighted by Crippen LogP contribution is -2.11. The van der Waals surface area contributed by atoms with Crippen LogP contribution < -0.4 is 0 Å². The van der Waals surface area contributed by atoms with Crippen molar-refractivity contribution in [3.8, 4) is 0 Å². The molecule has 1 atom stereocenters. The van der Waals surface area contributed by atoms with Crippen molar-refractivity contribution in [1.29, 1.82) is 0 Å². The standard InChI is InChI=1S/C9H9N3/c1-7-9(11-12-10-7)8-5-3-2-4-6-8/h2-7H,1H3. The summed E-state index contributed by atoms with van der Waals surface area (Å²) in [6.07, 6.45) is 0. The first-order valence-electron chi connectivity index (χ1n) is 3.91. The molecule has 0 radical (unpaired) electrons. The molecular weight excluding hydrogens is 150 g/mol. The van der Waals surface area contributed by atoms with E-state index in [1.165, 1.54) is 0 Å². The average Bonchev–Trinajstić information content (AvgIpc) is 2.53. The summed E-state index contributed by atoms with van der Waals surface area (Å²) in [7, 11) is 0. The van der Waals surface area contributed by atoms with Gasteiger partial charge in [0.15, 0.2) is 0 Å². The predicted octanol–water partition coefficient (Wildman–Crippen LogP) is 2.25. The van der Waals surface area contributed by atoms with Gasteiger partial charge in [-0.25, -0.2) is 0 Å². The molecule has 0 bridgehead atoms. The summed E-state index contributed by atoms with van der Waals surface area (Å²) in [4.78, 5) is 0. The zero-order chi connectivity index (χ0) is 8.39. The molecule has 3 heteroatoms. The zero-order valence-electron chi connectivity index (χ0n) is 6.81. The summed E-state index contributed by atoms with van der Waals surface area (Å²) >= 11 is 0. The maximum Gasteiger partial charge on any atom is 0.115 e. The summed E-state index contributed by atoms with van der Waals surface area (Å²) in [6.45, 7) is 1.99. The van der Waals surface area contributed by atoms with Crippen molar-refractivity contribution in [3.63, 3.8) is 0 Å². The van der Waals surface area contributed by atoms with Crippen molar-refractivity contribution >= 4 is 5.71 Å². The maximum atomic E-state index is 3.96. The molecule has 1 aromatic rings.